The second-order valence-corrected chi connectivity index (χ2v) is 13.0. The maximum atomic E-state index is 15.8. The number of fused-ring (bicyclic) bond motifs is 1. The van der Waals surface area contributed by atoms with Gasteiger partial charge in [0.1, 0.15) is 42.0 Å². The van der Waals surface area contributed by atoms with Gasteiger partial charge in [-0.1, -0.05) is 25.1 Å². The molecule has 2 aromatic heterocycles. The lowest BCUT2D eigenvalue weighted by Gasteiger charge is -2.25. The Bertz CT molecular complexity index is 1450. The summed E-state index contributed by atoms with van der Waals surface area (Å²) in [5.74, 6) is -0.633. The van der Waals surface area contributed by atoms with Crippen molar-refractivity contribution in [3.8, 4) is 5.75 Å². The molecule has 3 N–H and O–H groups in total. The number of nitrogens with zero attached hydrogens (tertiary/aromatic N) is 4. The zero-order valence-corrected chi connectivity index (χ0v) is 24.5. The molecule has 1 aliphatic heterocycles. The first-order valence-electron chi connectivity index (χ1n) is 12.5. The zero-order chi connectivity index (χ0) is 29.2. The molecule has 3 aromatic rings. The molecule has 0 amide bonds. The first kappa shape index (κ1) is 30.2. The number of hydrogen-bond donors (Lipinski definition) is 2. The van der Waals surface area contributed by atoms with Gasteiger partial charge in [0.2, 0.25) is 4.58 Å². The van der Waals surface area contributed by atoms with Crippen LogP contribution >= 0.6 is 23.5 Å². The van der Waals surface area contributed by atoms with Crippen LogP contribution in [0.3, 0.4) is 0 Å². The summed E-state index contributed by atoms with van der Waals surface area (Å²) in [6.45, 7) is 3.89. The lowest BCUT2D eigenvalue weighted by molar-refractivity contribution is -0.120. The van der Waals surface area contributed by atoms with Crippen molar-refractivity contribution in [2.24, 2.45) is 5.92 Å². The van der Waals surface area contributed by atoms with Gasteiger partial charge < -0.3 is 24.9 Å². The summed E-state index contributed by atoms with van der Waals surface area (Å²) in [5, 5.41) is 14.8. The molecular formula is C25H30BrFN5O7P. The molecule has 40 heavy (non-hydrogen) atoms. The van der Waals surface area contributed by atoms with E-state index in [1.54, 1.807) is 31.2 Å². The fourth-order valence-electron chi connectivity index (χ4n) is 4.20. The number of carbonyl (C=O) groups excluding carboxylic acids is 2. The Balaban J connectivity index is 1.57. The van der Waals surface area contributed by atoms with Crippen LogP contribution in [0.1, 0.15) is 44.6 Å². The smallest absolute Gasteiger partial charge is 0.380 e. The maximum Gasteiger partial charge on any atom is 0.380 e. The number of aryl methyl sites for hydroxylation is 1. The van der Waals surface area contributed by atoms with E-state index in [9.17, 15) is 19.3 Å². The van der Waals surface area contributed by atoms with Crippen molar-refractivity contribution in [3.05, 3.63) is 48.0 Å². The summed E-state index contributed by atoms with van der Waals surface area (Å²) in [5.41, 5.74) is 6.78. The summed E-state index contributed by atoms with van der Waals surface area (Å²) >= 11 is 2.93. The van der Waals surface area contributed by atoms with Gasteiger partial charge in [0.05, 0.1) is 24.7 Å². The van der Waals surface area contributed by atoms with Crippen LogP contribution in [0.15, 0.2) is 36.8 Å². The van der Waals surface area contributed by atoms with Gasteiger partial charge in [0.25, 0.3) is 0 Å². The number of carbonyl (C=O) groups is 2. The molecule has 0 aliphatic carbocycles. The molecule has 6 atom stereocenters. The van der Waals surface area contributed by atoms with Crippen LogP contribution in [0.2, 0.25) is 0 Å². The summed E-state index contributed by atoms with van der Waals surface area (Å²) in [4.78, 5) is 31.5. The molecule has 1 fully saturated rings. The van der Waals surface area contributed by atoms with E-state index in [-0.39, 0.29) is 47.1 Å². The fraction of sp³-hybridized carbons (Fsp3) is 0.480. The van der Waals surface area contributed by atoms with Crippen LogP contribution in [0, 0.1) is 5.92 Å². The van der Waals surface area contributed by atoms with Crippen molar-refractivity contribution in [1.29, 1.82) is 0 Å². The average molecular weight is 642 g/mol. The molecule has 0 spiro atoms. The Labute approximate surface area is 238 Å². The van der Waals surface area contributed by atoms with E-state index in [2.05, 4.69) is 31.0 Å². The molecule has 1 aromatic carbocycles. The highest BCUT2D eigenvalue weighted by molar-refractivity contribution is 9.10. The monoisotopic (exact) mass is 641 g/mol. The number of aromatic nitrogens is 4. The molecular weight excluding hydrogens is 612 g/mol. The van der Waals surface area contributed by atoms with Gasteiger partial charge in [-0.05, 0) is 47.8 Å². The highest BCUT2D eigenvalue weighted by atomic mass is 79.9. The maximum absolute atomic E-state index is 15.8. The number of rotatable bonds is 12. The Morgan fingerprint density at radius 3 is 2.75 bits per heavy atom. The number of aliphatic hydroxyl groups excluding tert-OH is 1. The Morgan fingerprint density at radius 1 is 1.32 bits per heavy atom. The van der Waals surface area contributed by atoms with Crippen molar-refractivity contribution in [3.63, 3.8) is 0 Å². The van der Waals surface area contributed by atoms with Crippen LogP contribution in [-0.4, -0.2) is 65.8 Å². The molecule has 0 radical (unpaired) electrons. The van der Waals surface area contributed by atoms with Crippen LogP contribution in [0.4, 0.5) is 10.2 Å². The van der Waals surface area contributed by atoms with E-state index in [0.29, 0.717) is 12.0 Å². The molecule has 2 unspecified atom stereocenters. The number of benzene rings is 1. The van der Waals surface area contributed by atoms with Crippen molar-refractivity contribution in [1.82, 2.24) is 19.6 Å². The molecule has 12 nitrogen and oxygen atoms in total. The third kappa shape index (κ3) is 6.41. The van der Waals surface area contributed by atoms with E-state index in [4.69, 9.17) is 19.5 Å². The number of Topliss-reactive ketones (excluding diaryl/α,β-unsaturated/α-hetero) is 2. The number of halogens is 2. The second-order valence-electron chi connectivity index (χ2n) is 9.74. The Hall–Kier alpha value is -2.77. The van der Waals surface area contributed by atoms with Gasteiger partial charge in [0, 0.05) is 12.3 Å². The molecule has 0 bridgehead atoms. The zero-order valence-electron chi connectivity index (χ0n) is 22.1. The normalized spacial score (nSPS) is 25.0. The number of anilines is 1. The third-order valence-corrected chi connectivity index (χ3v) is 9.51. The molecule has 216 valence electrons. The number of nitrogen functional groups attached to an aromatic ring is 1. The lowest BCUT2D eigenvalue weighted by atomic mass is 10.1. The van der Waals surface area contributed by atoms with E-state index in [0.717, 1.165) is 0 Å². The lowest BCUT2D eigenvalue weighted by Crippen LogP contribution is -2.37. The van der Waals surface area contributed by atoms with E-state index < -0.39 is 43.0 Å². The van der Waals surface area contributed by atoms with Crippen LogP contribution < -0.4 is 10.3 Å². The van der Waals surface area contributed by atoms with E-state index >= 15 is 4.39 Å². The van der Waals surface area contributed by atoms with Crippen molar-refractivity contribution in [2.75, 3.05) is 18.5 Å². The van der Waals surface area contributed by atoms with Crippen LogP contribution in [-0.2, 0) is 29.8 Å². The minimum absolute atomic E-state index is 0.0223. The number of nitrogens with two attached hydrogens (primary N) is 1. The van der Waals surface area contributed by atoms with Gasteiger partial charge in [0.15, 0.2) is 11.5 Å². The minimum atomic E-state index is -4.06. The van der Waals surface area contributed by atoms with E-state index in [1.165, 1.54) is 30.9 Å². The topological polar surface area (TPSA) is 168 Å². The molecule has 0 saturated carbocycles. The molecule has 1 saturated heterocycles. The SMILES string of the molecule is CC(=O)CCc1ccccc1OP(=O)(C[C@@H](C)C(C)=O)OC[C@H]1O[C@@H](c2cnc3c(N)ncnn23)[C@@](F)(Br)C1O. The fourth-order valence-corrected chi connectivity index (χ4v) is 6.85. The van der Waals surface area contributed by atoms with Crippen LogP contribution in [0.25, 0.3) is 5.65 Å². The Morgan fingerprint density at radius 2 is 2.05 bits per heavy atom. The number of aliphatic hydroxyl groups is 1. The average Bonchev–Trinajstić information content (AvgIpc) is 3.41. The van der Waals surface area contributed by atoms with Gasteiger partial charge in [-0.2, -0.15) is 5.10 Å². The van der Waals surface area contributed by atoms with Crippen LogP contribution in [0.5, 0.6) is 5.75 Å². The molecule has 1 aliphatic rings. The number of ether oxygens (including phenoxy) is 1. The predicted molar refractivity (Wildman–Crippen MR) is 146 cm³/mol. The first-order valence-corrected chi connectivity index (χ1v) is 15.0. The molecule has 15 heteroatoms. The summed E-state index contributed by atoms with van der Waals surface area (Å²) in [7, 11) is -4.06. The number of imidazole rings is 1. The highest BCUT2D eigenvalue weighted by Gasteiger charge is 2.58. The first-order chi connectivity index (χ1) is 18.8. The molecule has 4 rings (SSSR count). The minimum Gasteiger partial charge on any atom is -0.424 e. The van der Waals surface area contributed by atoms with Gasteiger partial charge in [-0.3, -0.25) is 9.32 Å². The van der Waals surface area contributed by atoms with Gasteiger partial charge >= 0.3 is 7.60 Å². The molecule has 3 heterocycles. The number of ketones is 2. The number of para-hydroxylation sites is 1. The Kier molecular flexibility index (Phi) is 9.05. The highest BCUT2D eigenvalue weighted by Crippen LogP contribution is 2.53. The van der Waals surface area contributed by atoms with Crippen molar-refractivity contribution in [2.45, 2.75) is 56.5 Å². The standard InChI is InChI=1S/C25H30BrFN5O7P/c1-14(16(3)34)12-40(36,39-19-7-5-4-6-17(19)9-8-15(2)33)37-11-20-21(35)25(26,27)22(38-20)18-10-29-24-23(28)30-13-31-32(18)24/h4-7,10,13-14,20-22,35H,8-9,11-12H2,1-3H3,(H2,28,30,31)/t14-,20-,21?,22+,25-,40?/m1/s1. The number of hydrogen-bond acceptors (Lipinski definition) is 11. The largest absolute Gasteiger partial charge is 0.424 e. The number of alkyl halides is 2. The summed E-state index contributed by atoms with van der Waals surface area (Å²) in [6, 6.07) is 6.75. The van der Waals surface area contributed by atoms with E-state index in [1.807, 2.05) is 0 Å². The predicted octanol–water partition coefficient (Wildman–Crippen LogP) is 3.60. The van der Waals surface area contributed by atoms with Gasteiger partial charge in [-0.25, -0.2) is 23.4 Å². The second kappa shape index (κ2) is 12.0. The van der Waals surface area contributed by atoms with Gasteiger partial charge in [-0.15, -0.1) is 0 Å². The van der Waals surface area contributed by atoms with Crippen molar-refractivity contribution >= 4 is 46.6 Å². The summed E-state index contributed by atoms with van der Waals surface area (Å²) in [6.07, 6.45) is -1.65. The summed E-state index contributed by atoms with van der Waals surface area (Å²) < 4.78 is 46.0. The van der Waals surface area contributed by atoms with Crippen molar-refractivity contribution < 1.29 is 37.4 Å². The third-order valence-electron chi connectivity index (χ3n) is 6.62. The quantitative estimate of drug-likeness (QED) is 0.219.